The topological polar surface area (TPSA) is 82.7 Å². The van der Waals surface area contributed by atoms with E-state index in [1.165, 1.54) is 0 Å². The van der Waals surface area contributed by atoms with Crippen LogP contribution >= 0.6 is 0 Å². The summed E-state index contributed by atoms with van der Waals surface area (Å²) in [5.41, 5.74) is 4.96. The van der Waals surface area contributed by atoms with Crippen LogP contribution in [0.5, 0.6) is 0 Å². The van der Waals surface area contributed by atoms with Gasteiger partial charge < -0.3 is 25.6 Å². The number of anilines is 3. The zero-order chi connectivity index (χ0) is 23.8. The predicted octanol–water partition coefficient (Wildman–Crippen LogP) is 4.95. The zero-order valence-corrected chi connectivity index (χ0v) is 20.2. The van der Waals surface area contributed by atoms with Crippen molar-refractivity contribution in [3.63, 3.8) is 0 Å². The molecule has 0 aromatic heterocycles. The van der Waals surface area contributed by atoms with Crippen molar-refractivity contribution in [1.82, 2.24) is 5.32 Å². The molecule has 33 heavy (non-hydrogen) atoms. The highest BCUT2D eigenvalue weighted by atomic mass is 16.5. The molecule has 3 amide bonds. The molecular weight excluding hydrogens is 416 g/mol. The normalized spacial score (nSPS) is 14.1. The van der Waals surface area contributed by atoms with Crippen LogP contribution in [0.15, 0.2) is 36.4 Å². The summed E-state index contributed by atoms with van der Waals surface area (Å²) in [4.78, 5) is 27.9. The molecule has 0 spiro atoms. The average Bonchev–Trinajstić information content (AvgIpc) is 2.79. The highest BCUT2D eigenvalue weighted by Gasteiger charge is 2.22. The molecule has 1 fully saturated rings. The fourth-order valence-electron chi connectivity index (χ4n) is 4.07. The highest BCUT2D eigenvalue weighted by molar-refractivity contribution is 6.04. The molecule has 0 aliphatic carbocycles. The maximum atomic E-state index is 13.0. The molecule has 1 saturated heterocycles. The van der Waals surface area contributed by atoms with Crippen molar-refractivity contribution in [2.24, 2.45) is 5.92 Å². The molecule has 0 saturated carbocycles. The molecule has 0 bridgehead atoms. The molecule has 178 valence electrons. The standard InChI is InChI=1S/C26H36N4O3/c1-18-10-13-30(14-11-18)24-9-7-21(17-22(24)25(31)27-12-5-15-33-4)28-26(32)29-23-8-6-19(2)16-20(23)3/h6-9,16-18H,5,10-15H2,1-4H3,(H,27,31)(H2,28,29,32). The Morgan fingerprint density at radius 2 is 1.82 bits per heavy atom. The van der Waals surface area contributed by atoms with Gasteiger partial charge in [0.2, 0.25) is 0 Å². The monoisotopic (exact) mass is 452 g/mol. The van der Waals surface area contributed by atoms with Gasteiger partial charge in [-0.3, -0.25) is 4.79 Å². The van der Waals surface area contributed by atoms with E-state index in [1.54, 1.807) is 13.2 Å². The summed E-state index contributed by atoms with van der Waals surface area (Å²) in [6, 6.07) is 11.1. The molecule has 3 N–H and O–H groups in total. The summed E-state index contributed by atoms with van der Waals surface area (Å²) in [6.07, 6.45) is 2.95. The van der Waals surface area contributed by atoms with Crippen LogP contribution in [0.1, 0.15) is 47.7 Å². The lowest BCUT2D eigenvalue weighted by molar-refractivity contribution is 0.0949. The zero-order valence-electron chi connectivity index (χ0n) is 20.2. The molecule has 0 atom stereocenters. The van der Waals surface area contributed by atoms with Crippen LogP contribution in [-0.2, 0) is 4.74 Å². The van der Waals surface area contributed by atoms with Gasteiger partial charge >= 0.3 is 6.03 Å². The maximum absolute atomic E-state index is 13.0. The van der Waals surface area contributed by atoms with Gasteiger partial charge in [0, 0.05) is 50.4 Å². The molecular formula is C26H36N4O3. The fourth-order valence-corrected chi connectivity index (χ4v) is 4.07. The third-order valence-electron chi connectivity index (χ3n) is 6.06. The minimum absolute atomic E-state index is 0.141. The minimum Gasteiger partial charge on any atom is -0.385 e. The number of nitrogens with zero attached hydrogens (tertiary/aromatic N) is 1. The van der Waals surface area contributed by atoms with Gasteiger partial charge in [-0.05, 0) is 68.9 Å². The number of urea groups is 1. The van der Waals surface area contributed by atoms with Crippen molar-refractivity contribution in [2.45, 2.75) is 40.0 Å². The number of aryl methyl sites for hydroxylation is 2. The number of rotatable bonds is 8. The summed E-state index contributed by atoms with van der Waals surface area (Å²) in [5.74, 6) is 0.556. The van der Waals surface area contributed by atoms with Gasteiger partial charge in [-0.2, -0.15) is 0 Å². The Morgan fingerprint density at radius 1 is 1.06 bits per heavy atom. The second-order valence-corrected chi connectivity index (χ2v) is 8.90. The number of benzene rings is 2. The molecule has 1 heterocycles. The van der Waals surface area contributed by atoms with E-state index >= 15 is 0 Å². The number of hydrogen-bond donors (Lipinski definition) is 3. The number of piperidine rings is 1. The Bertz CT molecular complexity index is 968. The highest BCUT2D eigenvalue weighted by Crippen LogP contribution is 2.29. The summed E-state index contributed by atoms with van der Waals surface area (Å²) in [5, 5.41) is 8.74. The second-order valence-electron chi connectivity index (χ2n) is 8.90. The molecule has 7 nitrogen and oxygen atoms in total. The van der Waals surface area contributed by atoms with Crippen molar-refractivity contribution < 1.29 is 14.3 Å². The van der Waals surface area contributed by atoms with Gasteiger partial charge in [0.25, 0.3) is 5.91 Å². The summed E-state index contributed by atoms with van der Waals surface area (Å²) in [7, 11) is 1.65. The lowest BCUT2D eigenvalue weighted by Crippen LogP contribution is -2.35. The van der Waals surface area contributed by atoms with Crippen LogP contribution in [0, 0.1) is 19.8 Å². The largest absolute Gasteiger partial charge is 0.385 e. The molecule has 0 unspecified atom stereocenters. The second kappa shape index (κ2) is 11.7. The Hall–Kier alpha value is -3.06. The van der Waals surface area contributed by atoms with Crippen molar-refractivity contribution in [3.8, 4) is 0 Å². The SMILES string of the molecule is COCCCNC(=O)c1cc(NC(=O)Nc2ccc(C)cc2C)ccc1N1CCC(C)CC1. The number of carbonyl (C=O) groups excluding carboxylic acids is 2. The number of methoxy groups -OCH3 is 1. The first-order chi connectivity index (χ1) is 15.9. The van der Waals surface area contributed by atoms with E-state index in [1.807, 2.05) is 44.2 Å². The van der Waals surface area contributed by atoms with E-state index in [9.17, 15) is 9.59 Å². The van der Waals surface area contributed by atoms with E-state index in [0.29, 0.717) is 30.3 Å². The number of carbonyl (C=O) groups is 2. The number of ether oxygens (including phenoxy) is 1. The van der Waals surface area contributed by atoms with E-state index in [0.717, 1.165) is 54.9 Å². The van der Waals surface area contributed by atoms with Crippen molar-refractivity contribution in [3.05, 3.63) is 53.1 Å². The van der Waals surface area contributed by atoms with Gasteiger partial charge in [-0.1, -0.05) is 24.6 Å². The van der Waals surface area contributed by atoms with Crippen LogP contribution in [0.25, 0.3) is 0 Å². The maximum Gasteiger partial charge on any atom is 0.323 e. The average molecular weight is 453 g/mol. The smallest absolute Gasteiger partial charge is 0.323 e. The van der Waals surface area contributed by atoms with Crippen LogP contribution < -0.4 is 20.9 Å². The number of amides is 3. The Labute approximate surface area is 196 Å². The Kier molecular flexibility index (Phi) is 8.72. The van der Waals surface area contributed by atoms with Crippen molar-refractivity contribution in [1.29, 1.82) is 0 Å². The van der Waals surface area contributed by atoms with Crippen LogP contribution in [0.3, 0.4) is 0 Å². The predicted molar refractivity (Wildman–Crippen MR) is 134 cm³/mol. The molecule has 2 aromatic rings. The van der Waals surface area contributed by atoms with Crippen LogP contribution in [0.2, 0.25) is 0 Å². The molecule has 2 aromatic carbocycles. The quantitative estimate of drug-likeness (QED) is 0.495. The Morgan fingerprint density at radius 3 is 2.52 bits per heavy atom. The molecule has 1 aliphatic rings. The van der Waals surface area contributed by atoms with Gasteiger partial charge in [0.05, 0.1) is 5.56 Å². The number of nitrogens with one attached hydrogen (secondary N) is 3. The van der Waals surface area contributed by atoms with Gasteiger partial charge in [0.15, 0.2) is 0 Å². The molecule has 0 radical (unpaired) electrons. The van der Waals surface area contributed by atoms with Gasteiger partial charge in [-0.25, -0.2) is 4.79 Å². The lowest BCUT2D eigenvalue weighted by Gasteiger charge is -2.33. The summed E-state index contributed by atoms with van der Waals surface area (Å²) < 4.78 is 5.07. The van der Waals surface area contributed by atoms with Crippen molar-refractivity contribution in [2.75, 3.05) is 48.9 Å². The molecule has 7 heteroatoms. The third-order valence-corrected chi connectivity index (χ3v) is 6.06. The summed E-state index contributed by atoms with van der Waals surface area (Å²) >= 11 is 0. The third kappa shape index (κ3) is 6.96. The van der Waals surface area contributed by atoms with E-state index in [2.05, 4.69) is 27.8 Å². The number of hydrogen-bond acceptors (Lipinski definition) is 4. The van der Waals surface area contributed by atoms with Crippen LogP contribution in [0.4, 0.5) is 21.9 Å². The fraction of sp³-hybridized carbons (Fsp3) is 0.462. The molecule has 3 rings (SSSR count). The van der Waals surface area contributed by atoms with Crippen molar-refractivity contribution >= 4 is 29.0 Å². The first kappa shape index (κ1) is 24.6. The van der Waals surface area contributed by atoms with Crippen LogP contribution in [-0.4, -0.2) is 45.3 Å². The first-order valence-electron chi connectivity index (χ1n) is 11.7. The van der Waals surface area contributed by atoms with E-state index < -0.39 is 0 Å². The molecule has 1 aliphatic heterocycles. The Balaban J connectivity index is 1.76. The lowest BCUT2D eigenvalue weighted by atomic mass is 9.98. The van der Waals surface area contributed by atoms with Gasteiger partial charge in [0.1, 0.15) is 0 Å². The van der Waals surface area contributed by atoms with E-state index in [-0.39, 0.29) is 11.9 Å². The first-order valence-corrected chi connectivity index (χ1v) is 11.7. The van der Waals surface area contributed by atoms with E-state index in [4.69, 9.17) is 4.74 Å². The summed E-state index contributed by atoms with van der Waals surface area (Å²) in [6.45, 7) is 9.22. The van der Waals surface area contributed by atoms with Gasteiger partial charge in [-0.15, -0.1) is 0 Å². The minimum atomic E-state index is -0.340.